The zero-order valence-corrected chi connectivity index (χ0v) is 7.85. The van der Waals surface area contributed by atoms with Crippen LogP contribution in [0.25, 0.3) is 0 Å². The summed E-state index contributed by atoms with van der Waals surface area (Å²) < 4.78 is 42.2. The lowest BCUT2D eigenvalue weighted by Crippen LogP contribution is -2.10. The van der Waals surface area contributed by atoms with Crippen LogP contribution in [0.2, 0.25) is 0 Å². The first-order valence-electron chi connectivity index (χ1n) is 4.09. The zero-order chi connectivity index (χ0) is 10.8. The Kier molecular flexibility index (Phi) is 2.98. The van der Waals surface area contributed by atoms with Crippen LogP contribution in [0, 0.1) is 0 Å². The van der Waals surface area contributed by atoms with Crippen LogP contribution in [-0.2, 0) is 12.6 Å². The van der Waals surface area contributed by atoms with E-state index in [1.54, 1.807) is 6.92 Å². The van der Waals surface area contributed by atoms with Crippen LogP contribution in [0.4, 0.5) is 13.2 Å². The van der Waals surface area contributed by atoms with Gasteiger partial charge in [0, 0.05) is 11.8 Å². The maximum Gasteiger partial charge on any atom is 0.416 e. The smallest absolute Gasteiger partial charge is 0.416 e. The monoisotopic (exact) mass is 205 g/mol. The first kappa shape index (κ1) is 10.8. The minimum atomic E-state index is -4.35. The van der Waals surface area contributed by atoms with E-state index in [-0.39, 0.29) is 17.9 Å². The highest BCUT2D eigenvalue weighted by Gasteiger charge is 2.34. The van der Waals surface area contributed by atoms with Gasteiger partial charge in [0.25, 0.3) is 0 Å². The molecular weight excluding hydrogens is 195 g/mol. The number of nitrogens with zero attached hydrogens (tertiary/aromatic N) is 1. The van der Waals surface area contributed by atoms with E-state index >= 15 is 0 Å². The van der Waals surface area contributed by atoms with E-state index in [9.17, 15) is 13.2 Å². The van der Waals surface area contributed by atoms with E-state index < -0.39 is 11.7 Å². The van der Waals surface area contributed by atoms with Gasteiger partial charge in [0.2, 0.25) is 5.88 Å². The molecule has 1 aromatic rings. The Hall–Kier alpha value is -1.26. The van der Waals surface area contributed by atoms with Crippen LogP contribution in [0.3, 0.4) is 0 Å². The van der Waals surface area contributed by atoms with E-state index in [2.05, 4.69) is 4.98 Å². The Morgan fingerprint density at radius 1 is 1.43 bits per heavy atom. The molecule has 0 N–H and O–H groups in total. The summed E-state index contributed by atoms with van der Waals surface area (Å²) >= 11 is 0. The minimum Gasteiger partial charge on any atom is -0.481 e. The van der Waals surface area contributed by atoms with Crippen molar-refractivity contribution in [2.45, 2.75) is 19.5 Å². The minimum absolute atomic E-state index is 0.0438. The Bertz CT molecular complexity index is 322. The highest BCUT2D eigenvalue weighted by molar-refractivity contribution is 5.36. The van der Waals surface area contributed by atoms with Crippen molar-refractivity contribution < 1.29 is 17.9 Å². The molecule has 5 heteroatoms. The van der Waals surface area contributed by atoms with Crippen molar-refractivity contribution in [2.75, 3.05) is 7.11 Å². The fourth-order valence-electron chi connectivity index (χ4n) is 1.26. The second-order valence-corrected chi connectivity index (χ2v) is 2.70. The summed E-state index contributed by atoms with van der Waals surface area (Å²) in [5.74, 6) is 0.0438. The number of hydrogen-bond donors (Lipinski definition) is 0. The van der Waals surface area contributed by atoms with Crippen molar-refractivity contribution in [3.05, 3.63) is 23.4 Å². The number of rotatable bonds is 2. The van der Waals surface area contributed by atoms with Gasteiger partial charge in [0.05, 0.1) is 12.7 Å². The summed E-state index contributed by atoms with van der Waals surface area (Å²) in [6.07, 6.45) is -3.01. The molecule has 14 heavy (non-hydrogen) atoms. The molecule has 0 aliphatic heterocycles. The summed E-state index contributed by atoms with van der Waals surface area (Å²) in [6, 6.07) is 0.960. The predicted molar refractivity (Wildman–Crippen MR) is 45.2 cm³/mol. The second-order valence-electron chi connectivity index (χ2n) is 2.70. The van der Waals surface area contributed by atoms with Gasteiger partial charge in [-0.25, -0.2) is 4.98 Å². The van der Waals surface area contributed by atoms with Crippen LogP contribution in [0.15, 0.2) is 12.3 Å². The van der Waals surface area contributed by atoms with Crippen LogP contribution in [-0.4, -0.2) is 12.1 Å². The van der Waals surface area contributed by atoms with Gasteiger partial charge in [0.15, 0.2) is 0 Å². The van der Waals surface area contributed by atoms with Crippen LogP contribution in [0.5, 0.6) is 5.88 Å². The Morgan fingerprint density at radius 3 is 2.50 bits per heavy atom. The van der Waals surface area contributed by atoms with E-state index in [0.29, 0.717) is 0 Å². The molecule has 0 aliphatic carbocycles. The molecule has 0 fully saturated rings. The van der Waals surface area contributed by atoms with Gasteiger partial charge < -0.3 is 4.74 Å². The Balaban J connectivity index is 3.29. The van der Waals surface area contributed by atoms with Crippen molar-refractivity contribution >= 4 is 0 Å². The molecule has 0 amide bonds. The molecule has 1 aromatic heterocycles. The van der Waals surface area contributed by atoms with Crippen molar-refractivity contribution in [2.24, 2.45) is 0 Å². The standard InChI is InChI=1S/C9H10F3NO/c1-3-6-7(9(10,11)12)4-5-13-8(6)14-2/h4-5H,3H2,1-2H3. The number of methoxy groups -OCH3 is 1. The first-order valence-corrected chi connectivity index (χ1v) is 4.09. The van der Waals surface area contributed by atoms with Crippen LogP contribution < -0.4 is 4.74 Å². The topological polar surface area (TPSA) is 22.1 Å². The number of halogens is 3. The lowest BCUT2D eigenvalue weighted by atomic mass is 10.1. The molecule has 78 valence electrons. The highest BCUT2D eigenvalue weighted by atomic mass is 19.4. The number of aromatic nitrogens is 1. The number of hydrogen-bond acceptors (Lipinski definition) is 2. The number of alkyl halides is 3. The molecule has 0 radical (unpaired) electrons. The third kappa shape index (κ3) is 1.97. The van der Waals surface area contributed by atoms with Gasteiger partial charge in [-0.15, -0.1) is 0 Å². The van der Waals surface area contributed by atoms with Gasteiger partial charge in [0.1, 0.15) is 0 Å². The lowest BCUT2D eigenvalue weighted by molar-refractivity contribution is -0.138. The average Bonchev–Trinajstić information content (AvgIpc) is 2.15. The summed E-state index contributed by atoms with van der Waals surface area (Å²) in [4.78, 5) is 3.72. The molecule has 2 nitrogen and oxygen atoms in total. The highest BCUT2D eigenvalue weighted by Crippen LogP contribution is 2.34. The summed E-state index contributed by atoms with van der Waals surface area (Å²) in [6.45, 7) is 1.63. The van der Waals surface area contributed by atoms with E-state index in [1.807, 2.05) is 0 Å². The molecule has 0 bridgehead atoms. The van der Waals surface area contributed by atoms with Crippen molar-refractivity contribution in [3.63, 3.8) is 0 Å². The molecule has 0 atom stereocenters. The Labute approximate surface area is 79.7 Å². The third-order valence-corrected chi connectivity index (χ3v) is 1.87. The zero-order valence-electron chi connectivity index (χ0n) is 7.85. The third-order valence-electron chi connectivity index (χ3n) is 1.87. The molecule has 1 heterocycles. The van der Waals surface area contributed by atoms with Crippen LogP contribution in [0.1, 0.15) is 18.1 Å². The van der Waals surface area contributed by atoms with Crippen molar-refractivity contribution in [1.82, 2.24) is 4.98 Å². The quantitative estimate of drug-likeness (QED) is 0.740. The van der Waals surface area contributed by atoms with Gasteiger partial charge in [-0.05, 0) is 12.5 Å². The Morgan fingerprint density at radius 2 is 2.07 bits per heavy atom. The van der Waals surface area contributed by atoms with Gasteiger partial charge in [-0.2, -0.15) is 13.2 Å². The molecule has 0 unspecified atom stereocenters. The predicted octanol–water partition coefficient (Wildman–Crippen LogP) is 2.67. The van der Waals surface area contributed by atoms with Gasteiger partial charge in [-0.1, -0.05) is 6.92 Å². The summed E-state index contributed by atoms with van der Waals surface area (Å²) in [7, 11) is 1.31. The summed E-state index contributed by atoms with van der Waals surface area (Å²) in [5, 5.41) is 0. The molecule has 0 saturated carbocycles. The molecular formula is C9H10F3NO. The average molecular weight is 205 g/mol. The maximum atomic E-state index is 12.5. The van der Waals surface area contributed by atoms with E-state index in [4.69, 9.17) is 4.74 Å². The van der Waals surface area contributed by atoms with Gasteiger partial charge in [-0.3, -0.25) is 0 Å². The molecule has 0 spiro atoms. The maximum absolute atomic E-state index is 12.5. The second kappa shape index (κ2) is 3.86. The normalized spacial score (nSPS) is 11.5. The van der Waals surface area contributed by atoms with Crippen LogP contribution >= 0.6 is 0 Å². The van der Waals surface area contributed by atoms with E-state index in [0.717, 1.165) is 12.3 Å². The van der Waals surface area contributed by atoms with Crippen molar-refractivity contribution in [1.29, 1.82) is 0 Å². The first-order chi connectivity index (χ1) is 6.50. The largest absolute Gasteiger partial charge is 0.481 e. The fraction of sp³-hybridized carbons (Fsp3) is 0.444. The number of pyridine rings is 1. The van der Waals surface area contributed by atoms with Crippen molar-refractivity contribution in [3.8, 4) is 5.88 Å². The molecule has 0 aromatic carbocycles. The fourth-order valence-corrected chi connectivity index (χ4v) is 1.26. The molecule has 0 aliphatic rings. The number of ether oxygens (including phenoxy) is 1. The SMILES string of the molecule is CCc1c(C(F)(F)F)ccnc1OC. The lowest BCUT2D eigenvalue weighted by Gasteiger charge is -2.13. The molecule has 0 saturated heterocycles. The van der Waals surface area contributed by atoms with Gasteiger partial charge >= 0.3 is 6.18 Å². The van der Waals surface area contributed by atoms with E-state index in [1.165, 1.54) is 7.11 Å². The molecule has 1 rings (SSSR count). The summed E-state index contributed by atoms with van der Waals surface area (Å²) in [5.41, 5.74) is -0.575.